The van der Waals surface area contributed by atoms with E-state index in [0.29, 0.717) is 70.8 Å². The molecule has 40 heavy (non-hydrogen) atoms. The van der Waals surface area contributed by atoms with Gasteiger partial charge in [0.15, 0.2) is 9.84 Å². The van der Waals surface area contributed by atoms with Gasteiger partial charge in [0.05, 0.1) is 45.7 Å². The molecule has 1 atom stereocenters. The molecule has 0 aliphatic carbocycles. The lowest BCUT2D eigenvalue weighted by Gasteiger charge is -2.33. The Morgan fingerprint density at radius 1 is 1.12 bits per heavy atom. The number of sulfone groups is 1. The Morgan fingerprint density at radius 3 is 2.52 bits per heavy atom. The van der Waals surface area contributed by atoms with E-state index in [1.54, 1.807) is 37.6 Å². The average molecular weight is 564 g/mol. The molecule has 0 unspecified atom stereocenters. The summed E-state index contributed by atoms with van der Waals surface area (Å²) in [6, 6.07) is 11.3. The van der Waals surface area contributed by atoms with Crippen LogP contribution in [-0.4, -0.2) is 49.7 Å². The van der Waals surface area contributed by atoms with Crippen LogP contribution < -0.4 is 4.74 Å². The number of ether oxygens (including phenoxy) is 2. The summed E-state index contributed by atoms with van der Waals surface area (Å²) in [7, 11) is -2.15. The topological polar surface area (TPSA) is 96.5 Å². The Balaban J connectivity index is 1.81. The Labute approximate surface area is 231 Å². The Kier molecular flexibility index (Phi) is 6.62. The number of methoxy groups -OCH3 is 1. The normalized spacial score (nSPS) is 15.6. The fourth-order valence-corrected chi connectivity index (χ4v) is 6.98. The molecule has 0 bridgehead atoms. The number of halogens is 1. The molecule has 0 saturated carbocycles. The molecular weight excluding hydrogens is 533 g/mol. The number of hydrogen-bond donors (Lipinski definition) is 0. The van der Waals surface area contributed by atoms with Crippen molar-refractivity contribution in [2.45, 2.75) is 37.6 Å². The van der Waals surface area contributed by atoms with Crippen molar-refractivity contribution in [1.82, 2.24) is 14.7 Å². The molecule has 1 fully saturated rings. The van der Waals surface area contributed by atoms with Crippen LogP contribution in [0.3, 0.4) is 0 Å². The molecule has 3 aromatic heterocycles. The lowest BCUT2D eigenvalue weighted by atomic mass is 9.86. The van der Waals surface area contributed by atoms with Gasteiger partial charge in [0, 0.05) is 42.4 Å². The summed E-state index contributed by atoms with van der Waals surface area (Å²) in [6.45, 7) is 4.78. The Hall–Kier alpha value is -3.76. The number of aryl methyl sites for hydroxylation is 2. The SMILES string of the molecule is COc1ccc(S(C)(=O)=O)c2c1c1ncc(-c3c(C)noc3C)cc1n2[C@H](c1ccccc1F)C1CCOCC1. The van der Waals surface area contributed by atoms with Gasteiger partial charge in [-0.2, -0.15) is 0 Å². The maximum atomic E-state index is 15.7. The van der Waals surface area contributed by atoms with Crippen molar-refractivity contribution in [3.8, 4) is 16.9 Å². The third kappa shape index (κ3) is 4.26. The van der Waals surface area contributed by atoms with Gasteiger partial charge in [-0.15, -0.1) is 0 Å². The van der Waals surface area contributed by atoms with E-state index in [4.69, 9.17) is 19.0 Å². The fourth-order valence-electron chi connectivity index (χ4n) is 6.11. The van der Waals surface area contributed by atoms with Gasteiger partial charge in [0.2, 0.25) is 0 Å². The number of hydrogen-bond acceptors (Lipinski definition) is 7. The molecule has 1 aliphatic heterocycles. The summed E-state index contributed by atoms with van der Waals surface area (Å²) >= 11 is 0. The third-order valence-corrected chi connectivity index (χ3v) is 8.99. The van der Waals surface area contributed by atoms with Crippen LogP contribution in [0.25, 0.3) is 33.1 Å². The van der Waals surface area contributed by atoms with E-state index >= 15 is 4.39 Å². The molecule has 1 aliphatic rings. The molecule has 0 spiro atoms. The van der Waals surface area contributed by atoms with Crippen LogP contribution in [0.15, 0.2) is 58.1 Å². The van der Waals surface area contributed by atoms with Crippen molar-refractivity contribution in [2.24, 2.45) is 5.92 Å². The standard InChI is InChI=1S/C30H30FN3O5S/c1-17-26(18(2)39-33-17)20-15-23-28(32-16-20)27-24(37-3)9-10-25(40(4,35)36)30(27)34(23)29(19-11-13-38-14-12-19)21-7-5-6-8-22(21)31/h5-10,15-16,19,29H,11-14H2,1-4H3/t29-/m0/s1. The molecule has 0 N–H and O–H groups in total. The van der Waals surface area contributed by atoms with Gasteiger partial charge in [0.25, 0.3) is 0 Å². The highest BCUT2D eigenvalue weighted by molar-refractivity contribution is 7.91. The number of aromatic nitrogens is 3. The van der Waals surface area contributed by atoms with Crippen LogP contribution in [0.2, 0.25) is 0 Å². The molecule has 10 heteroatoms. The first-order chi connectivity index (χ1) is 19.2. The average Bonchev–Trinajstić information content (AvgIpc) is 3.45. The summed E-state index contributed by atoms with van der Waals surface area (Å²) in [5, 5.41) is 4.68. The molecule has 8 nitrogen and oxygen atoms in total. The maximum absolute atomic E-state index is 15.7. The smallest absolute Gasteiger partial charge is 0.177 e. The van der Waals surface area contributed by atoms with Crippen molar-refractivity contribution in [3.63, 3.8) is 0 Å². The zero-order valence-electron chi connectivity index (χ0n) is 22.8. The highest BCUT2D eigenvalue weighted by Crippen LogP contribution is 2.46. The predicted molar refractivity (Wildman–Crippen MR) is 150 cm³/mol. The van der Waals surface area contributed by atoms with Crippen LogP contribution in [0.5, 0.6) is 5.75 Å². The molecule has 4 heterocycles. The van der Waals surface area contributed by atoms with E-state index in [-0.39, 0.29) is 16.6 Å². The van der Waals surface area contributed by atoms with Gasteiger partial charge in [-0.05, 0) is 56.9 Å². The number of rotatable bonds is 6. The van der Waals surface area contributed by atoms with Crippen LogP contribution in [0.4, 0.5) is 4.39 Å². The van der Waals surface area contributed by atoms with Crippen LogP contribution >= 0.6 is 0 Å². The van der Waals surface area contributed by atoms with Gasteiger partial charge in [-0.3, -0.25) is 4.98 Å². The van der Waals surface area contributed by atoms with E-state index in [1.165, 1.54) is 12.3 Å². The number of fused-ring (bicyclic) bond motifs is 3. The highest BCUT2D eigenvalue weighted by Gasteiger charge is 2.34. The highest BCUT2D eigenvalue weighted by atomic mass is 32.2. The zero-order chi connectivity index (χ0) is 28.2. The molecule has 208 valence electrons. The number of nitrogens with zero attached hydrogens (tertiary/aromatic N) is 3. The quantitative estimate of drug-likeness (QED) is 0.249. The van der Waals surface area contributed by atoms with E-state index in [0.717, 1.165) is 11.1 Å². The molecule has 1 saturated heterocycles. The minimum atomic E-state index is -3.70. The minimum Gasteiger partial charge on any atom is -0.496 e. The van der Waals surface area contributed by atoms with Crippen molar-refractivity contribution >= 4 is 31.8 Å². The predicted octanol–water partition coefficient (Wildman–Crippen LogP) is 6.03. The van der Waals surface area contributed by atoms with E-state index < -0.39 is 15.9 Å². The number of pyridine rings is 1. The fraction of sp³-hybridized carbons (Fsp3) is 0.333. The monoisotopic (exact) mass is 563 g/mol. The summed E-state index contributed by atoms with van der Waals surface area (Å²) in [5.74, 6) is 0.757. The second-order valence-electron chi connectivity index (χ2n) is 10.3. The second-order valence-corrected chi connectivity index (χ2v) is 12.3. The van der Waals surface area contributed by atoms with Crippen LogP contribution in [0, 0.1) is 25.6 Å². The molecule has 5 aromatic rings. The number of benzene rings is 2. The molecular formula is C30H30FN3O5S. The van der Waals surface area contributed by atoms with E-state index in [1.807, 2.05) is 30.5 Å². The van der Waals surface area contributed by atoms with Gasteiger partial charge in [-0.1, -0.05) is 23.4 Å². The summed E-state index contributed by atoms with van der Waals surface area (Å²) in [5.41, 5.74) is 4.47. The minimum absolute atomic E-state index is 0.0224. The first-order valence-electron chi connectivity index (χ1n) is 13.2. The summed E-state index contributed by atoms with van der Waals surface area (Å²) in [4.78, 5) is 4.99. The lowest BCUT2D eigenvalue weighted by Crippen LogP contribution is -2.28. The first-order valence-corrected chi connectivity index (χ1v) is 15.1. The third-order valence-electron chi connectivity index (χ3n) is 7.86. The molecule has 0 radical (unpaired) electrons. The van der Waals surface area contributed by atoms with Crippen molar-refractivity contribution in [2.75, 3.05) is 26.6 Å². The van der Waals surface area contributed by atoms with Crippen molar-refractivity contribution < 1.29 is 26.8 Å². The van der Waals surface area contributed by atoms with Crippen molar-refractivity contribution in [3.05, 3.63) is 71.5 Å². The van der Waals surface area contributed by atoms with Gasteiger partial charge in [-0.25, -0.2) is 12.8 Å². The van der Waals surface area contributed by atoms with Crippen LogP contribution in [-0.2, 0) is 14.6 Å². The largest absolute Gasteiger partial charge is 0.496 e. The molecule has 6 rings (SSSR count). The van der Waals surface area contributed by atoms with Gasteiger partial charge < -0.3 is 18.6 Å². The maximum Gasteiger partial charge on any atom is 0.177 e. The lowest BCUT2D eigenvalue weighted by molar-refractivity contribution is 0.0548. The Bertz CT molecular complexity index is 1840. The zero-order valence-corrected chi connectivity index (χ0v) is 23.6. The second kappa shape index (κ2) is 10.0. The van der Waals surface area contributed by atoms with Gasteiger partial charge >= 0.3 is 0 Å². The van der Waals surface area contributed by atoms with Gasteiger partial charge in [0.1, 0.15) is 17.3 Å². The molecule has 0 amide bonds. The summed E-state index contributed by atoms with van der Waals surface area (Å²) in [6.07, 6.45) is 4.30. The van der Waals surface area contributed by atoms with Crippen molar-refractivity contribution in [1.29, 1.82) is 0 Å². The molecule has 2 aromatic carbocycles. The first kappa shape index (κ1) is 26.5. The van der Waals surface area contributed by atoms with Crippen LogP contribution in [0.1, 0.15) is 35.9 Å². The Morgan fingerprint density at radius 2 is 1.88 bits per heavy atom. The van der Waals surface area contributed by atoms with E-state index in [9.17, 15) is 8.42 Å². The summed E-state index contributed by atoms with van der Waals surface area (Å²) < 4.78 is 60.9. The van der Waals surface area contributed by atoms with E-state index in [2.05, 4.69) is 5.16 Å².